The molecular weight excluding hydrogens is 240 g/mol. The van der Waals surface area contributed by atoms with Gasteiger partial charge in [0.25, 0.3) is 5.91 Å². The topological polar surface area (TPSA) is 90.1 Å². The van der Waals surface area contributed by atoms with Gasteiger partial charge in [-0.2, -0.15) is 0 Å². The second-order valence-electron chi connectivity index (χ2n) is 3.19. The maximum Gasteiger partial charge on any atom is 0.256 e. The van der Waals surface area contributed by atoms with E-state index >= 15 is 0 Å². The van der Waals surface area contributed by atoms with Crippen molar-refractivity contribution in [2.75, 3.05) is 18.2 Å². The number of aromatic nitrogens is 2. The van der Waals surface area contributed by atoms with Crippen molar-refractivity contribution in [1.29, 1.82) is 0 Å². The number of rotatable bonds is 3. The number of amides is 1. The monoisotopic (exact) mass is 250 g/mol. The van der Waals surface area contributed by atoms with Gasteiger partial charge in [-0.05, 0) is 18.2 Å². The molecule has 88 valence electrons. The van der Waals surface area contributed by atoms with Crippen molar-refractivity contribution in [3.05, 3.63) is 30.0 Å². The second kappa shape index (κ2) is 4.79. The molecule has 1 aromatic carbocycles. The van der Waals surface area contributed by atoms with Crippen LogP contribution in [0.1, 0.15) is 10.4 Å². The number of hydrogen-bond donors (Lipinski definition) is 2. The molecule has 1 aromatic heterocycles. The normalized spacial score (nSPS) is 9.94. The van der Waals surface area contributed by atoms with E-state index in [0.717, 1.165) is 11.5 Å². The van der Waals surface area contributed by atoms with Gasteiger partial charge in [-0.1, -0.05) is 4.49 Å². The van der Waals surface area contributed by atoms with Gasteiger partial charge in [-0.3, -0.25) is 4.79 Å². The standard InChI is InChI=1S/C10H10N4O2S/c1-16-8-4-6(2-3-7(8)11)10(15)13-9-5-12-14-17-9/h2-5H,11H2,1H3,(H,13,15). The van der Waals surface area contributed by atoms with Gasteiger partial charge in [-0.15, -0.1) is 5.10 Å². The van der Waals surface area contributed by atoms with Crippen LogP contribution in [0.25, 0.3) is 0 Å². The quantitative estimate of drug-likeness (QED) is 0.803. The predicted molar refractivity (Wildman–Crippen MR) is 65.3 cm³/mol. The summed E-state index contributed by atoms with van der Waals surface area (Å²) in [5.74, 6) is 0.217. The molecule has 0 aliphatic rings. The molecule has 0 saturated heterocycles. The van der Waals surface area contributed by atoms with E-state index in [1.807, 2.05) is 0 Å². The molecule has 0 aliphatic carbocycles. The number of nitrogens with one attached hydrogen (secondary N) is 1. The molecule has 0 atom stereocenters. The Balaban J connectivity index is 2.19. The van der Waals surface area contributed by atoms with E-state index in [9.17, 15) is 4.79 Å². The lowest BCUT2D eigenvalue weighted by atomic mass is 10.2. The molecule has 17 heavy (non-hydrogen) atoms. The largest absolute Gasteiger partial charge is 0.495 e. The highest BCUT2D eigenvalue weighted by Crippen LogP contribution is 2.22. The van der Waals surface area contributed by atoms with Crippen molar-refractivity contribution in [1.82, 2.24) is 9.59 Å². The molecule has 0 fully saturated rings. The summed E-state index contributed by atoms with van der Waals surface area (Å²) >= 11 is 1.11. The minimum atomic E-state index is -0.255. The van der Waals surface area contributed by atoms with Crippen LogP contribution in [0.4, 0.5) is 10.7 Å². The number of anilines is 2. The first-order chi connectivity index (χ1) is 8.20. The number of hydrogen-bond acceptors (Lipinski definition) is 6. The number of carbonyl (C=O) groups is 1. The van der Waals surface area contributed by atoms with Gasteiger partial charge in [0.05, 0.1) is 19.0 Å². The van der Waals surface area contributed by atoms with Gasteiger partial charge in [0.15, 0.2) is 0 Å². The van der Waals surface area contributed by atoms with E-state index in [-0.39, 0.29) is 5.91 Å². The van der Waals surface area contributed by atoms with Crippen LogP contribution in [-0.4, -0.2) is 22.6 Å². The number of ether oxygens (including phenoxy) is 1. The lowest BCUT2D eigenvalue weighted by Crippen LogP contribution is -2.11. The first-order valence-corrected chi connectivity index (χ1v) is 5.50. The fourth-order valence-corrected chi connectivity index (χ4v) is 1.67. The highest BCUT2D eigenvalue weighted by molar-refractivity contribution is 7.10. The molecular formula is C10H10N4O2S. The summed E-state index contributed by atoms with van der Waals surface area (Å²) in [6.45, 7) is 0. The van der Waals surface area contributed by atoms with Crippen molar-refractivity contribution in [3.8, 4) is 5.75 Å². The highest BCUT2D eigenvalue weighted by atomic mass is 32.1. The Labute approximate surface area is 102 Å². The van der Waals surface area contributed by atoms with Crippen molar-refractivity contribution < 1.29 is 9.53 Å². The third kappa shape index (κ3) is 2.51. The Kier molecular flexibility index (Phi) is 3.20. The van der Waals surface area contributed by atoms with E-state index in [1.165, 1.54) is 13.3 Å². The Hall–Kier alpha value is -2.15. The average Bonchev–Trinajstić information content (AvgIpc) is 2.82. The number of nitrogens with zero attached hydrogens (tertiary/aromatic N) is 2. The summed E-state index contributed by atoms with van der Waals surface area (Å²) in [7, 11) is 1.50. The molecule has 0 radical (unpaired) electrons. The lowest BCUT2D eigenvalue weighted by Gasteiger charge is -2.06. The summed E-state index contributed by atoms with van der Waals surface area (Å²) in [6, 6.07) is 4.83. The molecule has 1 amide bonds. The summed E-state index contributed by atoms with van der Waals surface area (Å²) in [5.41, 5.74) is 6.61. The van der Waals surface area contributed by atoms with Gasteiger partial charge in [0.2, 0.25) is 0 Å². The smallest absolute Gasteiger partial charge is 0.256 e. The number of nitrogen functional groups attached to an aromatic ring is 1. The minimum Gasteiger partial charge on any atom is -0.495 e. The van der Waals surface area contributed by atoms with Crippen LogP contribution in [0.3, 0.4) is 0 Å². The summed E-state index contributed by atoms with van der Waals surface area (Å²) in [5, 5.41) is 6.88. The molecule has 0 aliphatic heterocycles. The van der Waals surface area contributed by atoms with E-state index in [4.69, 9.17) is 10.5 Å². The number of benzene rings is 1. The van der Waals surface area contributed by atoms with Gasteiger partial charge < -0.3 is 15.8 Å². The zero-order valence-electron chi connectivity index (χ0n) is 9.01. The zero-order valence-corrected chi connectivity index (χ0v) is 9.82. The number of methoxy groups -OCH3 is 1. The van der Waals surface area contributed by atoms with Crippen LogP contribution in [0.2, 0.25) is 0 Å². The molecule has 0 bridgehead atoms. The van der Waals surface area contributed by atoms with Gasteiger partial charge >= 0.3 is 0 Å². The number of carbonyl (C=O) groups excluding carboxylic acids is 1. The van der Waals surface area contributed by atoms with Crippen LogP contribution in [-0.2, 0) is 0 Å². The van der Waals surface area contributed by atoms with Gasteiger partial charge in [0.1, 0.15) is 10.8 Å². The summed E-state index contributed by atoms with van der Waals surface area (Å²) in [6.07, 6.45) is 1.48. The molecule has 7 heteroatoms. The Bertz CT molecular complexity index is 527. The molecule has 0 saturated carbocycles. The average molecular weight is 250 g/mol. The molecule has 1 heterocycles. The number of nitrogens with two attached hydrogens (primary N) is 1. The van der Waals surface area contributed by atoms with Crippen LogP contribution < -0.4 is 15.8 Å². The highest BCUT2D eigenvalue weighted by Gasteiger charge is 2.10. The maximum atomic E-state index is 11.8. The molecule has 2 aromatic rings. The first-order valence-electron chi connectivity index (χ1n) is 4.73. The van der Waals surface area contributed by atoms with Crippen LogP contribution in [0, 0.1) is 0 Å². The molecule has 2 rings (SSSR count). The van der Waals surface area contributed by atoms with Crippen molar-refractivity contribution >= 4 is 28.1 Å². The van der Waals surface area contributed by atoms with Crippen LogP contribution >= 0.6 is 11.5 Å². The fourth-order valence-electron chi connectivity index (χ4n) is 1.26. The summed E-state index contributed by atoms with van der Waals surface area (Å²) < 4.78 is 8.69. The van der Waals surface area contributed by atoms with Crippen LogP contribution in [0.5, 0.6) is 5.75 Å². The second-order valence-corrected chi connectivity index (χ2v) is 3.98. The van der Waals surface area contributed by atoms with Crippen LogP contribution in [0.15, 0.2) is 24.4 Å². The van der Waals surface area contributed by atoms with E-state index < -0.39 is 0 Å². The van der Waals surface area contributed by atoms with Crippen molar-refractivity contribution in [3.63, 3.8) is 0 Å². The maximum absolute atomic E-state index is 11.8. The zero-order chi connectivity index (χ0) is 12.3. The van der Waals surface area contributed by atoms with Gasteiger partial charge in [-0.25, -0.2) is 0 Å². The van der Waals surface area contributed by atoms with E-state index in [1.54, 1.807) is 18.2 Å². The third-order valence-electron chi connectivity index (χ3n) is 2.09. The minimum absolute atomic E-state index is 0.255. The Morgan fingerprint density at radius 1 is 1.53 bits per heavy atom. The third-order valence-corrected chi connectivity index (χ3v) is 2.67. The molecule has 3 N–H and O–H groups in total. The molecule has 0 unspecified atom stereocenters. The lowest BCUT2D eigenvalue weighted by molar-refractivity contribution is 0.102. The van der Waals surface area contributed by atoms with E-state index in [0.29, 0.717) is 22.0 Å². The summed E-state index contributed by atoms with van der Waals surface area (Å²) in [4.78, 5) is 11.8. The molecule has 6 nitrogen and oxygen atoms in total. The Morgan fingerprint density at radius 3 is 3.00 bits per heavy atom. The fraction of sp³-hybridized carbons (Fsp3) is 0.100. The van der Waals surface area contributed by atoms with Crippen molar-refractivity contribution in [2.24, 2.45) is 0 Å². The van der Waals surface area contributed by atoms with Gasteiger partial charge in [0, 0.05) is 17.1 Å². The Morgan fingerprint density at radius 2 is 2.35 bits per heavy atom. The van der Waals surface area contributed by atoms with E-state index in [2.05, 4.69) is 14.9 Å². The van der Waals surface area contributed by atoms with Crippen molar-refractivity contribution in [2.45, 2.75) is 0 Å². The first kappa shape index (κ1) is 11.3. The SMILES string of the molecule is COc1cc(C(=O)Nc2cnns2)ccc1N. The predicted octanol–water partition coefficient (Wildman–Crippen LogP) is 1.38. The molecule has 0 spiro atoms.